The number of nitrogen functional groups attached to an aromatic ring is 1. The molecule has 1 aromatic carbocycles. The van der Waals surface area contributed by atoms with Gasteiger partial charge in [0.2, 0.25) is 5.91 Å². The number of nitrogens with one attached hydrogen (secondary N) is 1. The van der Waals surface area contributed by atoms with E-state index in [0.29, 0.717) is 30.8 Å². The van der Waals surface area contributed by atoms with Crippen LogP contribution in [0.4, 0.5) is 5.82 Å². The fraction of sp³-hybridized carbons (Fsp3) is 0.333. The number of imidazole rings is 1. The maximum atomic E-state index is 12.4. The van der Waals surface area contributed by atoms with E-state index in [-0.39, 0.29) is 5.91 Å². The molecule has 0 aliphatic heterocycles. The number of carbonyl (C=O) groups is 1. The van der Waals surface area contributed by atoms with Crippen molar-refractivity contribution in [1.82, 2.24) is 24.8 Å². The van der Waals surface area contributed by atoms with Gasteiger partial charge in [0.15, 0.2) is 5.82 Å². The molecule has 1 amide bonds. The number of pyridine rings is 2. The van der Waals surface area contributed by atoms with E-state index in [2.05, 4.69) is 26.8 Å². The fourth-order valence-electron chi connectivity index (χ4n) is 3.83. The fourth-order valence-corrected chi connectivity index (χ4v) is 3.83. The molecule has 0 spiro atoms. The number of aryl methyl sites for hydroxylation is 2. The van der Waals surface area contributed by atoms with Crippen molar-refractivity contribution in [3.05, 3.63) is 60.0 Å². The maximum absolute atomic E-state index is 12.4. The summed E-state index contributed by atoms with van der Waals surface area (Å²) in [6.45, 7) is 3.29. The van der Waals surface area contributed by atoms with Gasteiger partial charge >= 0.3 is 0 Å². The molecule has 0 radical (unpaired) electrons. The zero-order chi connectivity index (χ0) is 21.6. The first-order valence-corrected chi connectivity index (χ1v) is 10.9. The average molecular weight is 417 g/mol. The quantitative estimate of drug-likeness (QED) is 0.434. The van der Waals surface area contributed by atoms with Crippen LogP contribution in [0.5, 0.6) is 0 Å². The lowest BCUT2D eigenvalue weighted by Crippen LogP contribution is -2.27. The standard InChI is InChI=1S/C24H28N6O/c1-2-3-11-19-29-22-23(21-18(28-24(22)25)10-7-14-27-21)30(19)16-15-26-20(31)13-12-17-8-5-4-6-9-17/h4-10,14H,2-3,11-13,15-16H2,1H3,(H2,25,28)(H,26,31). The highest BCUT2D eigenvalue weighted by Crippen LogP contribution is 2.27. The topological polar surface area (TPSA) is 98.7 Å². The van der Waals surface area contributed by atoms with E-state index in [0.717, 1.165) is 48.1 Å². The third kappa shape index (κ3) is 4.66. The number of amides is 1. The van der Waals surface area contributed by atoms with Gasteiger partial charge in [0.25, 0.3) is 0 Å². The lowest BCUT2D eigenvalue weighted by molar-refractivity contribution is -0.121. The van der Waals surface area contributed by atoms with Crippen LogP contribution in [-0.4, -0.2) is 32.0 Å². The van der Waals surface area contributed by atoms with Crippen LogP contribution in [0.2, 0.25) is 0 Å². The number of nitrogens with two attached hydrogens (primary N) is 1. The van der Waals surface area contributed by atoms with Crippen molar-refractivity contribution in [3.8, 4) is 0 Å². The van der Waals surface area contributed by atoms with E-state index >= 15 is 0 Å². The number of benzene rings is 1. The van der Waals surface area contributed by atoms with Crippen LogP contribution in [0.25, 0.3) is 22.1 Å². The van der Waals surface area contributed by atoms with Crippen LogP contribution in [-0.2, 0) is 24.2 Å². The summed E-state index contributed by atoms with van der Waals surface area (Å²) in [5, 5.41) is 3.05. The van der Waals surface area contributed by atoms with Crippen LogP contribution in [0.3, 0.4) is 0 Å². The molecule has 160 valence electrons. The summed E-state index contributed by atoms with van der Waals surface area (Å²) >= 11 is 0. The molecule has 0 bridgehead atoms. The summed E-state index contributed by atoms with van der Waals surface area (Å²) < 4.78 is 2.15. The highest BCUT2D eigenvalue weighted by atomic mass is 16.1. The van der Waals surface area contributed by atoms with Crippen molar-refractivity contribution in [3.63, 3.8) is 0 Å². The summed E-state index contributed by atoms with van der Waals surface area (Å²) in [5.74, 6) is 1.42. The largest absolute Gasteiger partial charge is 0.382 e. The van der Waals surface area contributed by atoms with Crippen LogP contribution in [0, 0.1) is 0 Å². The lowest BCUT2D eigenvalue weighted by atomic mass is 10.1. The van der Waals surface area contributed by atoms with Crippen molar-refractivity contribution in [1.29, 1.82) is 0 Å². The Balaban J connectivity index is 1.53. The third-order valence-electron chi connectivity index (χ3n) is 5.44. The Bertz CT molecular complexity index is 1190. The number of nitrogens with zero attached hydrogens (tertiary/aromatic N) is 4. The highest BCUT2D eigenvalue weighted by molar-refractivity contribution is 6.04. The second-order valence-corrected chi connectivity index (χ2v) is 7.68. The van der Waals surface area contributed by atoms with Gasteiger partial charge in [-0.2, -0.15) is 0 Å². The van der Waals surface area contributed by atoms with Gasteiger partial charge in [0.1, 0.15) is 22.4 Å². The van der Waals surface area contributed by atoms with Crippen LogP contribution < -0.4 is 11.1 Å². The minimum absolute atomic E-state index is 0.0487. The molecular formula is C24H28N6O. The Labute approximate surface area is 181 Å². The first-order valence-electron chi connectivity index (χ1n) is 10.9. The van der Waals surface area contributed by atoms with Crippen molar-refractivity contribution in [2.24, 2.45) is 0 Å². The monoisotopic (exact) mass is 416 g/mol. The number of rotatable bonds is 9. The number of carbonyl (C=O) groups excluding carboxylic acids is 1. The smallest absolute Gasteiger partial charge is 0.220 e. The summed E-state index contributed by atoms with van der Waals surface area (Å²) in [4.78, 5) is 26.2. The Hall–Kier alpha value is -3.48. The molecule has 3 heterocycles. The van der Waals surface area contributed by atoms with Crippen LogP contribution in [0.1, 0.15) is 37.6 Å². The van der Waals surface area contributed by atoms with Crippen LogP contribution >= 0.6 is 0 Å². The summed E-state index contributed by atoms with van der Waals surface area (Å²) in [5.41, 5.74) is 10.5. The zero-order valence-corrected chi connectivity index (χ0v) is 17.8. The first-order chi connectivity index (χ1) is 15.2. The molecule has 3 N–H and O–H groups in total. The molecule has 4 rings (SSSR count). The SMILES string of the molecule is CCCCc1nc2c(N)nc3cccnc3c2n1CCNC(=O)CCc1ccccc1. The zero-order valence-electron chi connectivity index (χ0n) is 17.8. The van der Waals surface area contributed by atoms with Crippen molar-refractivity contribution in [2.75, 3.05) is 12.3 Å². The van der Waals surface area contributed by atoms with E-state index in [1.165, 1.54) is 5.56 Å². The van der Waals surface area contributed by atoms with Gasteiger partial charge in [0, 0.05) is 32.1 Å². The van der Waals surface area contributed by atoms with Crippen molar-refractivity contribution >= 4 is 33.8 Å². The summed E-state index contributed by atoms with van der Waals surface area (Å²) in [6, 6.07) is 13.8. The molecule has 0 saturated carbocycles. The molecular weight excluding hydrogens is 388 g/mol. The summed E-state index contributed by atoms with van der Waals surface area (Å²) in [7, 11) is 0. The van der Waals surface area contributed by atoms with E-state index in [9.17, 15) is 4.79 Å². The molecule has 3 aromatic heterocycles. The van der Waals surface area contributed by atoms with Gasteiger partial charge in [-0.3, -0.25) is 9.78 Å². The van der Waals surface area contributed by atoms with Crippen LogP contribution in [0.15, 0.2) is 48.7 Å². The number of anilines is 1. The maximum Gasteiger partial charge on any atom is 0.220 e. The third-order valence-corrected chi connectivity index (χ3v) is 5.44. The molecule has 0 unspecified atom stereocenters. The molecule has 0 fully saturated rings. The van der Waals surface area contributed by atoms with Gasteiger partial charge < -0.3 is 15.6 Å². The second-order valence-electron chi connectivity index (χ2n) is 7.68. The van der Waals surface area contributed by atoms with E-state index in [1.54, 1.807) is 6.20 Å². The molecule has 0 saturated heterocycles. The Morgan fingerprint density at radius 1 is 1.06 bits per heavy atom. The first kappa shape index (κ1) is 20.8. The molecule has 31 heavy (non-hydrogen) atoms. The lowest BCUT2D eigenvalue weighted by Gasteiger charge is -2.11. The van der Waals surface area contributed by atoms with Gasteiger partial charge in [-0.05, 0) is 30.5 Å². The number of hydrogen-bond acceptors (Lipinski definition) is 5. The summed E-state index contributed by atoms with van der Waals surface area (Å²) in [6.07, 6.45) is 5.92. The molecule has 0 aliphatic rings. The highest BCUT2D eigenvalue weighted by Gasteiger charge is 2.18. The van der Waals surface area contributed by atoms with Gasteiger partial charge in [0.05, 0.1) is 5.52 Å². The number of unbranched alkanes of at least 4 members (excludes halogenated alkanes) is 1. The predicted octanol–water partition coefficient (Wildman–Crippen LogP) is 3.65. The number of fused-ring (bicyclic) bond motifs is 3. The second kappa shape index (κ2) is 9.55. The number of aromatic nitrogens is 4. The molecule has 7 heteroatoms. The minimum Gasteiger partial charge on any atom is -0.382 e. The van der Waals surface area contributed by atoms with Gasteiger partial charge in [-0.1, -0.05) is 43.7 Å². The van der Waals surface area contributed by atoms with Crippen molar-refractivity contribution < 1.29 is 4.79 Å². The Kier molecular flexibility index (Phi) is 6.40. The van der Waals surface area contributed by atoms with Crippen molar-refractivity contribution in [2.45, 2.75) is 45.6 Å². The normalized spacial score (nSPS) is 11.3. The number of hydrogen-bond donors (Lipinski definition) is 2. The molecule has 0 atom stereocenters. The van der Waals surface area contributed by atoms with E-state index in [1.807, 2.05) is 42.5 Å². The Morgan fingerprint density at radius 3 is 2.71 bits per heavy atom. The predicted molar refractivity (Wildman–Crippen MR) is 124 cm³/mol. The van der Waals surface area contributed by atoms with E-state index in [4.69, 9.17) is 10.7 Å². The van der Waals surface area contributed by atoms with Gasteiger partial charge in [-0.15, -0.1) is 0 Å². The minimum atomic E-state index is 0.0487. The molecule has 0 aliphatic carbocycles. The average Bonchev–Trinajstić information content (AvgIpc) is 3.16. The van der Waals surface area contributed by atoms with E-state index < -0.39 is 0 Å². The molecule has 4 aromatic rings. The molecule has 7 nitrogen and oxygen atoms in total. The Morgan fingerprint density at radius 2 is 1.90 bits per heavy atom. The van der Waals surface area contributed by atoms with Gasteiger partial charge in [-0.25, -0.2) is 9.97 Å².